The molecule has 1 aliphatic carbocycles. The fourth-order valence-electron chi connectivity index (χ4n) is 3.70. The third kappa shape index (κ3) is 2.45. The van der Waals surface area contributed by atoms with Crippen molar-refractivity contribution in [1.29, 1.82) is 0 Å². The van der Waals surface area contributed by atoms with Gasteiger partial charge >= 0.3 is 23.9 Å². The van der Waals surface area contributed by atoms with Crippen molar-refractivity contribution in [1.82, 2.24) is 0 Å². The summed E-state index contributed by atoms with van der Waals surface area (Å²) < 4.78 is 24.1. The summed E-state index contributed by atoms with van der Waals surface area (Å²) in [6, 6.07) is 6.17. The molecular weight excluding hydrogens is 360 g/mol. The number of carbonyl (C=O) groups is 4. The van der Waals surface area contributed by atoms with E-state index in [1.54, 1.807) is 12.1 Å². The minimum Gasteiger partial charge on any atom is -0.497 e. The summed E-state index contributed by atoms with van der Waals surface area (Å²) in [5.41, 5.74) is -4.21. The molecule has 9 heteroatoms. The zero-order chi connectivity index (χ0) is 20.4. The van der Waals surface area contributed by atoms with E-state index in [9.17, 15) is 19.2 Å². The Morgan fingerprint density at radius 3 is 1.26 bits per heavy atom. The number of ether oxygens (including phenoxy) is 5. The Labute approximate surface area is 155 Å². The van der Waals surface area contributed by atoms with Gasteiger partial charge in [-0.25, -0.2) is 0 Å². The minimum atomic E-state index is -2.27. The van der Waals surface area contributed by atoms with Crippen molar-refractivity contribution in [2.45, 2.75) is 5.92 Å². The van der Waals surface area contributed by atoms with E-state index in [1.807, 2.05) is 0 Å². The Morgan fingerprint density at radius 1 is 0.667 bits per heavy atom. The van der Waals surface area contributed by atoms with Crippen LogP contribution in [0.3, 0.4) is 0 Å². The van der Waals surface area contributed by atoms with E-state index >= 15 is 0 Å². The van der Waals surface area contributed by atoms with E-state index in [0.29, 0.717) is 11.3 Å². The highest BCUT2D eigenvalue weighted by atomic mass is 16.6. The summed E-state index contributed by atoms with van der Waals surface area (Å²) in [5.74, 6) is -5.16. The number of benzene rings is 1. The lowest BCUT2D eigenvalue weighted by Crippen LogP contribution is -2.42. The van der Waals surface area contributed by atoms with Crippen LogP contribution in [-0.2, 0) is 38.1 Å². The number of rotatable bonds is 6. The van der Waals surface area contributed by atoms with Crippen molar-refractivity contribution in [2.75, 3.05) is 35.5 Å². The molecule has 1 fully saturated rings. The fraction of sp³-hybridized carbons (Fsp3) is 0.444. The summed E-state index contributed by atoms with van der Waals surface area (Å²) in [7, 11) is 5.61. The molecule has 27 heavy (non-hydrogen) atoms. The maximum absolute atomic E-state index is 12.7. The van der Waals surface area contributed by atoms with Crippen molar-refractivity contribution in [2.24, 2.45) is 10.8 Å². The van der Waals surface area contributed by atoms with Crippen molar-refractivity contribution in [3.63, 3.8) is 0 Å². The monoisotopic (exact) mass is 380 g/mol. The van der Waals surface area contributed by atoms with Gasteiger partial charge in [0.05, 0.1) is 35.5 Å². The van der Waals surface area contributed by atoms with Crippen LogP contribution in [0.2, 0.25) is 0 Å². The minimum absolute atomic E-state index is 0.336. The van der Waals surface area contributed by atoms with Gasteiger partial charge in [-0.2, -0.15) is 0 Å². The van der Waals surface area contributed by atoms with Gasteiger partial charge < -0.3 is 23.7 Å². The number of carbonyl (C=O) groups excluding carboxylic acids is 4. The van der Waals surface area contributed by atoms with Crippen LogP contribution in [0.5, 0.6) is 5.75 Å². The van der Waals surface area contributed by atoms with E-state index in [2.05, 4.69) is 0 Å². The number of esters is 4. The van der Waals surface area contributed by atoms with Gasteiger partial charge in [-0.1, -0.05) is 12.1 Å². The lowest BCUT2D eigenvalue weighted by atomic mass is 9.92. The van der Waals surface area contributed by atoms with E-state index in [0.717, 1.165) is 28.4 Å². The molecule has 2 rings (SSSR count). The first-order valence-electron chi connectivity index (χ1n) is 7.82. The predicted octanol–water partition coefficient (Wildman–Crippen LogP) is 0.457. The predicted molar refractivity (Wildman–Crippen MR) is 88.7 cm³/mol. The third-order valence-corrected chi connectivity index (χ3v) is 4.88. The summed E-state index contributed by atoms with van der Waals surface area (Å²) >= 11 is 0. The molecule has 0 saturated heterocycles. The molecule has 0 heterocycles. The molecule has 0 amide bonds. The van der Waals surface area contributed by atoms with Crippen LogP contribution < -0.4 is 4.74 Å². The van der Waals surface area contributed by atoms with Crippen LogP contribution >= 0.6 is 0 Å². The van der Waals surface area contributed by atoms with E-state index in [-0.39, 0.29) is 0 Å². The molecule has 9 nitrogen and oxygen atoms in total. The molecular formula is C18H20O9. The molecule has 1 saturated carbocycles. The van der Waals surface area contributed by atoms with Gasteiger partial charge in [0.25, 0.3) is 0 Å². The molecule has 1 aromatic rings. The van der Waals surface area contributed by atoms with E-state index < -0.39 is 40.6 Å². The molecule has 1 aliphatic rings. The van der Waals surface area contributed by atoms with Gasteiger partial charge in [-0.05, 0) is 17.7 Å². The molecule has 0 radical (unpaired) electrons. The molecule has 0 aliphatic heterocycles. The first-order chi connectivity index (χ1) is 12.8. The van der Waals surface area contributed by atoms with Gasteiger partial charge in [-0.15, -0.1) is 0 Å². The number of hydrogen-bond donors (Lipinski definition) is 0. The first-order valence-corrected chi connectivity index (χ1v) is 7.82. The zero-order valence-corrected chi connectivity index (χ0v) is 15.6. The standard InChI is InChI=1S/C18H20O9/c1-23-11-8-6-10(7-9-11)12-17(13(19)24-2,14(20)25-3)18(12,15(21)26-4)16(22)27-5/h6-9,12H,1-5H3. The Hall–Kier alpha value is -3.10. The van der Waals surface area contributed by atoms with Gasteiger partial charge in [0.2, 0.25) is 10.8 Å². The van der Waals surface area contributed by atoms with Gasteiger partial charge in [-0.3, -0.25) is 19.2 Å². The number of methoxy groups -OCH3 is 5. The average molecular weight is 380 g/mol. The molecule has 1 aromatic carbocycles. The van der Waals surface area contributed by atoms with Crippen LogP contribution in [0.1, 0.15) is 11.5 Å². The number of hydrogen-bond acceptors (Lipinski definition) is 9. The second-order valence-electron chi connectivity index (χ2n) is 5.79. The summed E-state index contributed by atoms with van der Waals surface area (Å²) in [6.07, 6.45) is 0. The maximum Gasteiger partial charge on any atom is 0.325 e. The largest absolute Gasteiger partial charge is 0.497 e. The highest BCUT2D eigenvalue weighted by Crippen LogP contribution is 2.76. The SMILES string of the molecule is COC(=O)C1(C(=O)OC)C(c2ccc(OC)cc2)C1(C(=O)OC)C(=O)OC. The van der Waals surface area contributed by atoms with Crippen LogP contribution in [0, 0.1) is 10.8 Å². The maximum atomic E-state index is 12.7. The topological polar surface area (TPSA) is 114 Å². The molecule has 0 atom stereocenters. The normalized spacial score (nSPS) is 16.6. The molecule has 0 bridgehead atoms. The quantitative estimate of drug-likeness (QED) is 0.394. The Bertz CT molecular complexity index is 692. The van der Waals surface area contributed by atoms with Crippen molar-refractivity contribution < 1.29 is 42.9 Å². The summed E-state index contributed by atoms with van der Waals surface area (Å²) in [4.78, 5) is 50.8. The molecule has 0 unspecified atom stereocenters. The van der Waals surface area contributed by atoms with Crippen molar-refractivity contribution in [3.05, 3.63) is 29.8 Å². The smallest absolute Gasteiger partial charge is 0.325 e. The van der Waals surface area contributed by atoms with Gasteiger partial charge in [0.1, 0.15) is 5.75 Å². The van der Waals surface area contributed by atoms with Crippen LogP contribution in [0.15, 0.2) is 24.3 Å². The highest BCUT2D eigenvalue weighted by Gasteiger charge is 2.95. The van der Waals surface area contributed by atoms with Crippen molar-refractivity contribution in [3.8, 4) is 5.75 Å². The second-order valence-corrected chi connectivity index (χ2v) is 5.79. The molecule has 146 valence electrons. The Balaban J connectivity index is 2.81. The van der Waals surface area contributed by atoms with Crippen LogP contribution in [0.25, 0.3) is 0 Å². The first kappa shape index (κ1) is 20.2. The lowest BCUT2D eigenvalue weighted by molar-refractivity contribution is -0.176. The zero-order valence-electron chi connectivity index (χ0n) is 15.6. The van der Waals surface area contributed by atoms with Gasteiger partial charge in [0, 0.05) is 5.92 Å². The summed E-state index contributed by atoms with van der Waals surface area (Å²) in [6.45, 7) is 0. The summed E-state index contributed by atoms with van der Waals surface area (Å²) in [5, 5.41) is 0. The molecule has 0 aromatic heterocycles. The van der Waals surface area contributed by atoms with Crippen molar-refractivity contribution >= 4 is 23.9 Å². The molecule has 0 N–H and O–H groups in total. The highest BCUT2D eigenvalue weighted by molar-refractivity contribution is 6.23. The Kier molecular flexibility index (Phi) is 5.43. The Morgan fingerprint density at radius 2 is 1.00 bits per heavy atom. The lowest BCUT2D eigenvalue weighted by Gasteiger charge is -2.18. The average Bonchev–Trinajstić information content (AvgIpc) is 3.37. The van der Waals surface area contributed by atoms with E-state index in [1.165, 1.54) is 19.2 Å². The van der Waals surface area contributed by atoms with E-state index in [4.69, 9.17) is 23.7 Å². The molecule has 0 spiro atoms. The van der Waals surface area contributed by atoms with Crippen LogP contribution in [0.4, 0.5) is 0 Å². The van der Waals surface area contributed by atoms with Gasteiger partial charge in [0.15, 0.2) is 0 Å². The third-order valence-electron chi connectivity index (χ3n) is 4.88. The second kappa shape index (κ2) is 7.26. The van der Waals surface area contributed by atoms with Crippen LogP contribution in [-0.4, -0.2) is 59.4 Å². The fourth-order valence-corrected chi connectivity index (χ4v) is 3.70.